The first-order valence-corrected chi connectivity index (χ1v) is 37.1. The normalized spacial score (nSPS) is 13.9. The zero-order valence-electron chi connectivity index (χ0n) is 55.7. The second-order valence-corrected chi connectivity index (χ2v) is 26.9. The molecule has 1 amide bonds. The maximum absolute atomic E-state index is 13.6. The number of ether oxygens (including phenoxy) is 1. The number of hydrogen-bond acceptors (Lipinski definition) is 6. The Bertz CT molecular complexity index is 1600. The molecular weight excluding hydrogens is 1050 g/mol. The van der Waals surface area contributed by atoms with Crippen LogP contribution in [-0.2, 0) is 27.9 Å². The predicted molar refractivity (Wildman–Crippen MR) is 360 cm³/mol. The Balaban J connectivity index is 5.12. The highest BCUT2D eigenvalue weighted by atomic mass is 31.2. The highest BCUT2D eigenvalue weighted by Crippen LogP contribution is 2.43. The third-order valence-corrected chi connectivity index (χ3v) is 16.9. The van der Waals surface area contributed by atoms with Crippen molar-refractivity contribution in [3.05, 3.63) is 60.8 Å². The number of nitrogens with one attached hydrogen (secondary N) is 1. The van der Waals surface area contributed by atoms with Crippen molar-refractivity contribution in [2.75, 3.05) is 40.9 Å². The number of amides is 1. The van der Waals surface area contributed by atoms with Crippen molar-refractivity contribution in [3.8, 4) is 0 Å². The fourth-order valence-corrected chi connectivity index (χ4v) is 11.2. The van der Waals surface area contributed by atoms with E-state index in [9.17, 15) is 19.0 Å². The molecule has 83 heavy (non-hydrogen) atoms. The lowest BCUT2D eigenvalue weighted by Crippen LogP contribution is -2.47. The van der Waals surface area contributed by atoms with E-state index in [-0.39, 0.29) is 25.1 Å². The first kappa shape index (κ1) is 80.7. The topological polar surface area (TPSA) is 111 Å². The molecule has 0 aliphatic rings. The number of unbranched alkanes of at least 4 members (excludes halogenated alkanes) is 41. The van der Waals surface area contributed by atoms with Crippen LogP contribution < -0.4 is 5.32 Å². The Morgan fingerprint density at radius 1 is 0.422 bits per heavy atom. The van der Waals surface area contributed by atoms with E-state index in [1.54, 1.807) is 0 Å². The van der Waals surface area contributed by atoms with Crippen LogP contribution >= 0.6 is 7.82 Å². The van der Waals surface area contributed by atoms with Crippen LogP contribution in [0.1, 0.15) is 342 Å². The summed E-state index contributed by atoms with van der Waals surface area (Å²) in [7, 11) is 1.50. The summed E-state index contributed by atoms with van der Waals surface area (Å²) in [6, 6.07) is -0.852. The van der Waals surface area contributed by atoms with Crippen LogP contribution in [0.2, 0.25) is 0 Å². The number of nitrogens with zero attached hydrogens (tertiary/aromatic N) is 1. The number of quaternary nitrogens is 1. The number of carbonyl (C=O) groups excluding carboxylic acids is 2. The van der Waals surface area contributed by atoms with Gasteiger partial charge in [-0.15, -0.1) is 0 Å². The molecule has 0 saturated carbocycles. The number of phosphoric ester groups is 1. The molecular formula is C73H138N2O7P+. The van der Waals surface area contributed by atoms with Crippen LogP contribution in [0.3, 0.4) is 0 Å². The van der Waals surface area contributed by atoms with Gasteiger partial charge in [0.1, 0.15) is 19.3 Å². The van der Waals surface area contributed by atoms with Gasteiger partial charge < -0.3 is 19.4 Å². The smallest absolute Gasteiger partial charge is 0.456 e. The van der Waals surface area contributed by atoms with E-state index in [1.165, 1.54) is 238 Å². The maximum atomic E-state index is 13.6. The Kier molecular flexibility index (Phi) is 61.0. The van der Waals surface area contributed by atoms with E-state index < -0.39 is 20.0 Å². The van der Waals surface area contributed by atoms with Crippen LogP contribution in [0.15, 0.2) is 60.8 Å². The second-order valence-electron chi connectivity index (χ2n) is 25.4. The minimum atomic E-state index is -4.46. The van der Waals surface area contributed by atoms with Crippen LogP contribution in [0.4, 0.5) is 0 Å². The van der Waals surface area contributed by atoms with Crippen LogP contribution in [0, 0.1) is 0 Å². The zero-order valence-corrected chi connectivity index (χ0v) is 56.6. The van der Waals surface area contributed by atoms with Gasteiger partial charge in [0.15, 0.2) is 0 Å². The average molecular weight is 1190 g/mol. The molecule has 3 atom stereocenters. The van der Waals surface area contributed by atoms with Gasteiger partial charge in [0.05, 0.1) is 33.8 Å². The number of esters is 1. The van der Waals surface area contributed by atoms with E-state index in [2.05, 4.69) is 74.7 Å². The van der Waals surface area contributed by atoms with E-state index in [0.717, 1.165) is 70.6 Å². The molecule has 0 fully saturated rings. The van der Waals surface area contributed by atoms with Gasteiger partial charge in [0.2, 0.25) is 5.91 Å². The van der Waals surface area contributed by atoms with Gasteiger partial charge in [0.25, 0.3) is 0 Å². The summed E-state index contributed by atoms with van der Waals surface area (Å²) < 4.78 is 30.8. The van der Waals surface area contributed by atoms with Crippen molar-refractivity contribution in [1.82, 2.24) is 5.32 Å². The molecule has 0 bridgehead atoms. The molecule has 0 aromatic carbocycles. The van der Waals surface area contributed by atoms with Gasteiger partial charge in [-0.1, -0.05) is 294 Å². The molecule has 0 aliphatic heterocycles. The number of likely N-dealkylation sites (N-methyl/N-ethyl adjacent to an activating group) is 1. The van der Waals surface area contributed by atoms with E-state index >= 15 is 0 Å². The fourth-order valence-electron chi connectivity index (χ4n) is 10.4. The highest BCUT2D eigenvalue weighted by molar-refractivity contribution is 7.47. The Morgan fingerprint density at radius 3 is 1.13 bits per heavy atom. The van der Waals surface area contributed by atoms with Gasteiger partial charge in [-0.05, 0) is 96.0 Å². The highest BCUT2D eigenvalue weighted by Gasteiger charge is 2.30. The largest absolute Gasteiger partial charge is 0.472 e. The molecule has 3 unspecified atom stereocenters. The molecule has 0 aromatic rings. The summed E-state index contributed by atoms with van der Waals surface area (Å²) in [5.41, 5.74) is 0. The third kappa shape index (κ3) is 64.0. The lowest BCUT2D eigenvalue weighted by molar-refractivity contribution is -0.870. The molecule has 10 heteroatoms. The summed E-state index contributed by atoms with van der Waals surface area (Å²) in [6.07, 6.45) is 80.8. The number of phosphoric acid groups is 1. The van der Waals surface area contributed by atoms with Crippen LogP contribution in [0.25, 0.3) is 0 Å². The molecule has 0 saturated heterocycles. The van der Waals surface area contributed by atoms with Gasteiger partial charge in [-0.25, -0.2) is 4.57 Å². The molecule has 0 rings (SSSR count). The zero-order chi connectivity index (χ0) is 60.7. The molecule has 0 aliphatic carbocycles. The minimum Gasteiger partial charge on any atom is -0.456 e. The van der Waals surface area contributed by atoms with Gasteiger partial charge in [0, 0.05) is 12.8 Å². The van der Waals surface area contributed by atoms with Crippen molar-refractivity contribution < 1.29 is 37.3 Å². The minimum absolute atomic E-state index is 0.0393. The lowest BCUT2D eigenvalue weighted by Gasteiger charge is -2.27. The summed E-state index contributed by atoms with van der Waals surface area (Å²) in [5.74, 6) is -0.498. The first-order valence-electron chi connectivity index (χ1n) is 35.6. The summed E-state index contributed by atoms with van der Waals surface area (Å²) >= 11 is 0. The molecule has 2 N–H and O–H groups in total. The summed E-state index contributed by atoms with van der Waals surface area (Å²) in [5, 5.41) is 3.07. The predicted octanol–water partition coefficient (Wildman–Crippen LogP) is 22.6. The standard InChI is InChI=1S/C73H137N2O7P/c1-7-10-13-16-19-22-25-28-30-32-34-36-37-39-40-42-44-47-50-53-56-59-62-65-72(76)74-70(69-81-83(78,79)80-68-67-75(4,5)6)71(64-61-58-55-52-49-46-27-24-21-18-15-12-9-3)82-73(77)66-63-60-57-54-51-48-45-43-41-38-35-33-31-29-26-23-20-17-14-11-8-2/h19,22,28-31,34,36,61,64,70-71H,7-18,20-21,23-27,32-33,35,37-60,62-63,65-69H2,1-6H3,(H-,74,76,78,79)/p+1/b22-19-,30-28-,31-29+,36-34-,64-61+. The third-order valence-electron chi connectivity index (χ3n) is 15.9. The molecule has 0 spiro atoms. The Morgan fingerprint density at radius 2 is 0.735 bits per heavy atom. The number of carbonyl (C=O) groups is 2. The Hall–Kier alpha value is -2.29. The van der Waals surface area contributed by atoms with Crippen molar-refractivity contribution in [2.24, 2.45) is 0 Å². The number of rotatable bonds is 65. The van der Waals surface area contributed by atoms with E-state index in [1.807, 2.05) is 33.3 Å². The summed E-state index contributed by atoms with van der Waals surface area (Å²) in [4.78, 5) is 37.9. The van der Waals surface area contributed by atoms with Crippen molar-refractivity contribution in [1.29, 1.82) is 0 Å². The van der Waals surface area contributed by atoms with Crippen LogP contribution in [0.5, 0.6) is 0 Å². The monoisotopic (exact) mass is 1190 g/mol. The lowest BCUT2D eigenvalue weighted by atomic mass is 10.0. The Labute approximate surface area is 515 Å². The van der Waals surface area contributed by atoms with Gasteiger partial charge >= 0.3 is 13.8 Å². The van der Waals surface area contributed by atoms with E-state index in [4.69, 9.17) is 13.8 Å². The number of allylic oxidation sites excluding steroid dienone is 9. The molecule has 0 heterocycles. The van der Waals surface area contributed by atoms with Gasteiger partial charge in [-0.2, -0.15) is 0 Å². The van der Waals surface area contributed by atoms with E-state index in [0.29, 0.717) is 23.9 Å². The molecule has 486 valence electrons. The number of hydrogen-bond donors (Lipinski definition) is 2. The van der Waals surface area contributed by atoms with Crippen molar-refractivity contribution in [2.45, 2.75) is 354 Å². The van der Waals surface area contributed by atoms with Crippen molar-refractivity contribution in [3.63, 3.8) is 0 Å². The first-order chi connectivity index (χ1) is 40.4. The quantitative estimate of drug-likeness (QED) is 0.0205. The molecule has 0 aromatic heterocycles. The van der Waals surface area contributed by atoms with Crippen LogP contribution in [-0.4, -0.2) is 74.3 Å². The van der Waals surface area contributed by atoms with Gasteiger partial charge in [-0.3, -0.25) is 18.6 Å². The SMILES string of the molecule is CCCCC/C=C\C/C=C\C/C=C\CCCCCCCCCCCCC(=O)NC(COP(=O)(O)OCC[N+](C)(C)C)C(/C=C/CCCCCCCCCCCCC)OC(=O)CCCCCCCCCCCCC/C=C/CCCCCCCC. The summed E-state index contributed by atoms with van der Waals surface area (Å²) in [6.45, 7) is 7.02. The fraction of sp³-hybridized carbons (Fsp3) is 0.836. The molecule has 9 nitrogen and oxygen atoms in total. The average Bonchev–Trinajstić information content (AvgIpc) is 3.46. The second kappa shape index (κ2) is 62.8. The van der Waals surface area contributed by atoms with Crippen molar-refractivity contribution >= 4 is 19.7 Å². The maximum Gasteiger partial charge on any atom is 0.472 e. The molecule has 0 radical (unpaired) electrons.